The highest BCUT2D eigenvalue weighted by Gasteiger charge is 2.23. The fraction of sp³-hybridized carbons (Fsp3) is 0.588. The van der Waals surface area contributed by atoms with Crippen molar-refractivity contribution in [1.82, 2.24) is 0 Å². The lowest BCUT2D eigenvalue weighted by Gasteiger charge is -2.22. The van der Waals surface area contributed by atoms with Gasteiger partial charge in [0.1, 0.15) is 0 Å². The number of benzene rings is 1. The number of hydrogen-bond donors (Lipinski definition) is 1. The first-order chi connectivity index (χ1) is 9.36. The van der Waals surface area contributed by atoms with Gasteiger partial charge in [0.15, 0.2) is 0 Å². The number of nitriles is 1. The second-order valence-electron chi connectivity index (χ2n) is 5.96. The van der Waals surface area contributed by atoms with Crippen molar-refractivity contribution < 1.29 is 0 Å². The van der Waals surface area contributed by atoms with Gasteiger partial charge in [0.2, 0.25) is 0 Å². The van der Waals surface area contributed by atoms with Crippen molar-refractivity contribution in [3.8, 4) is 6.07 Å². The zero-order chi connectivity index (χ0) is 13.1. The van der Waals surface area contributed by atoms with Crippen molar-refractivity contribution in [3.05, 3.63) is 29.3 Å². The molecule has 0 aromatic heterocycles. The predicted octanol–water partition coefficient (Wildman–Crippen LogP) is 4.06. The minimum absolute atomic E-state index is 0.177. The smallest absolute Gasteiger partial charge is 0.0677 e. The summed E-state index contributed by atoms with van der Waals surface area (Å²) in [4.78, 5) is 0. The van der Waals surface area contributed by atoms with Crippen LogP contribution in [0, 0.1) is 17.2 Å². The molecule has 0 radical (unpaired) electrons. The molecule has 0 heterocycles. The highest BCUT2D eigenvalue weighted by molar-refractivity contribution is 5.51. The lowest BCUT2D eigenvalue weighted by Crippen LogP contribution is -2.27. The number of rotatable bonds is 2. The van der Waals surface area contributed by atoms with Crippen molar-refractivity contribution in [2.24, 2.45) is 5.92 Å². The average Bonchev–Trinajstić information content (AvgIpc) is 2.78. The summed E-state index contributed by atoms with van der Waals surface area (Å²) in [5.41, 5.74) is 4.24. The molecule has 2 aliphatic rings. The molecule has 2 nitrogen and oxygen atoms in total. The summed E-state index contributed by atoms with van der Waals surface area (Å²) in [5.74, 6) is 0.177. The second kappa shape index (κ2) is 5.65. The first-order valence-electron chi connectivity index (χ1n) is 7.65. The molecule has 1 saturated carbocycles. The number of nitrogens with zero attached hydrogens (tertiary/aromatic N) is 1. The van der Waals surface area contributed by atoms with Gasteiger partial charge >= 0.3 is 0 Å². The largest absolute Gasteiger partial charge is 0.381 e. The molecule has 1 aromatic rings. The van der Waals surface area contributed by atoms with Crippen LogP contribution in [0.1, 0.15) is 49.7 Å². The fourth-order valence-corrected chi connectivity index (χ4v) is 3.51. The maximum atomic E-state index is 9.33. The Labute approximate surface area is 115 Å². The van der Waals surface area contributed by atoms with Crippen LogP contribution < -0.4 is 5.32 Å². The SMILES string of the molecule is N#CC1CCCCCC1Nc1ccc2c(c1)CCC2. The predicted molar refractivity (Wildman–Crippen MR) is 78.1 cm³/mol. The summed E-state index contributed by atoms with van der Waals surface area (Å²) >= 11 is 0. The summed E-state index contributed by atoms with van der Waals surface area (Å²) in [7, 11) is 0. The van der Waals surface area contributed by atoms with Crippen LogP contribution in [0.3, 0.4) is 0 Å². The van der Waals surface area contributed by atoms with Gasteiger partial charge in [0.05, 0.1) is 12.0 Å². The molecule has 1 N–H and O–H groups in total. The third-order valence-corrected chi connectivity index (χ3v) is 4.63. The van der Waals surface area contributed by atoms with Crippen LogP contribution in [0.2, 0.25) is 0 Å². The Bertz CT molecular complexity index is 487. The minimum atomic E-state index is 0.177. The molecule has 2 aliphatic carbocycles. The van der Waals surface area contributed by atoms with E-state index in [1.165, 1.54) is 55.3 Å². The lowest BCUT2D eigenvalue weighted by molar-refractivity contribution is 0.514. The van der Waals surface area contributed by atoms with Crippen LogP contribution in [0.5, 0.6) is 0 Å². The Kier molecular flexibility index (Phi) is 3.73. The minimum Gasteiger partial charge on any atom is -0.381 e. The van der Waals surface area contributed by atoms with Gasteiger partial charge in [-0.05, 0) is 55.4 Å². The molecular weight excluding hydrogens is 232 g/mol. The second-order valence-corrected chi connectivity index (χ2v) is 5.96. The van der Waals surface area contributed by atoms with Gasteiger partial charge in [0, 0.05) is 11.7 Å². The number of fused-ring (bicyclic) bond motifs is 1. The molecule has 100 valence electrons. The first kappa shape index (κ1) is 12.5. The number of hydrogen-bond acceptors (Lipinski definition) is 2. The van der Waals surface area contributed by atoms with Crippen LogP contribution in [0.15, 0.2) is 18.2 Å². The highest BCUT2D eigenvalue weighted by atomic mass is 14.9. The Morgan fingerprint density at radius 3 is 2.74 bits per heavy atom. The normalized spacial score (nSPS) is 26.3. The summed E-state index contributed by atoms with van der Waals surface area (Å²) in [6.45, 7) is 0. The van der Waals surface area contributed by atoms with Crippen molar-refractivity contribution >= 4 is 5.69 Å². The van der Waals surface area contributed by atoms with E-state index < -0.39 is 0 Å². The number of aryl methyl sites for hydroxylation is 2. The lowest BCUT2D eigenvalue weighted by atomic mass is 9.96. The van der Waals surface area contributed by atoms with E-state index in [2.05, 4.69) is 29.6 Å². The number of nitrogens with one attached hydrogen (secondary N) is 1. The van der Waals surface area contributed by atoms with Crippen LogP contribution in [0.4, 0.5) is 5.69 Å². The maximum absolute atomic E-state index is 9.33. The third kappa shape index (κ3) is 2.76. The summed E-state index contributed by atoms with van der Waals surface area (Å²) < 4.78 is 0. The van der Waals surface area contributed by atoms with E-state index in [0.29, 0.717) is 6.04 Å². The summed E-state index contributed by atoms with van der Waals surface area (Å²) in [6.07, 6.45) is 9.68. The average molecular weight is 254 g/mol. The van der Waals surface area contributed by atoms with E-state index in [1.54, 1.807) is 0 Å². The van der Waals surface area contributed by atoms with Crippen molar-refractivity contribution in [2.75, 3.05) is 5.32 Å². The fourth-order valence-electron chi connectivity index (χ4n) is 3.51. The molecule has 2 heteroatoms. The van der Waals surface area contributed by atoms with E-state index in [4.69, 9.17) is 0 Å². The van der Waals surface area contributed by atoms with Gasteiger partial charge in [-0.15, -0.1) is 0 Å². The molecular formula is C17H22N2. The van der Waals surface area contributed by atoms with Gasteiger partial charge in [-0.3, -0.25) is 0 Å². The van der Waals surface area contributed by atoms with Crippen LogP contribution in [-0.2, 0) is 12.8 Å². The third-order valence-electron chi connectivity index (χ3n) is 4.63. The van der Waals surface area contributed by atoms with Crippen LogP contribution in [-0.4, -0.2) is 6.04 Å². The van der Waals surface area contributed by atoms with Crippen molar-refractivity contribution in [3.63, 3.8) is 0 Å². The molecule has 2 atom stereocenters. The van der Waals surface area contributed by atoms with Gasteiger partial charge in [-0.25, -0.2) is 0 Å². The quantitative estimate of drug-likeness (QED) is 0.808. The van der Waals surface area contributed by atoms with E-state index in [9.17, 15) is 5.26 Å². The van der Waals surface area contributed by atoms with E-state index >= 15 is 0 Å². The standard InChI is InChI=1S/C17H22N2/c18-12-15-5-2-1-3-8-17(15)19-16-10-9-13-6-4-7-14(13)11-16/h9-11,15,17,19H,1-8H2. The van der Waals surface area contributed by atoms with Gasteiger partial charge in [-0.2, -0.15) is 5.26 Å². The first-order valence-corrected chi connectivity index (χ1v) is 7.65. The molecule has 19 heavy (non-hydrogen) atoms. The summed E-state index contributed by atoms with van der Waals surface area (Å²) in [5, 5.41) is 13.0. The molecule has 1 fully saturated rings. The van der Waals surface area contributed by atoms with E-state index in [1.807, 2.05) is 0 Å². The molecule has 0 aliphatic heterocycles. The van der Waals surface area contributed by atoms with Crippen LogP contribution >= 0.6 is 0 Å². The highest BCUT2D eigenvalue weighted by Crippen LogP contribution is 2.29. The number of anilines is 1. The molecule has 3 rings (SSSR count). The Hall–Kier alpha value is -1.49. The van der Waals surface area contributed by atoms with Crippen molar-refractivity contribution in [2.45, 2.75) is 57.4 Å². The molecule has 2 unspecified atom stereocenters. The summed E-state index contributed by atoms with van der Waals surface area (Å²) in [6, 6.07) is 9.62. The molecule has 0 spiro atoms. The van der Waals surface area contributed by atoms with Gasteiger partial charge in [0.25, 0.3) is 0 Å². The molecule has 0 bridgehead atoms. The van der Waals surface area contributed by atoms with Gasteiger partial charge < -0.3 is 5.32 Å². The van der Waals surface area contributed by atoms with E-state index in [0.717, 1.165) is 12.8 Å². The Morgan fingerprint density at radius 2 is 1.84 bits per heavy atom. The Balaban J connectivity index is 1.74. The molecule has 0 amide bonds. The monoisotopic (exact) mass is 254 g/mol. The van der Waals surface area contributed by atoms with Crippen molar-refractivity contribution in [1.29, 1.82) is 5.26 Å². The zero-order valence-corrected chi connectivity index (χ0v) is 11.5. The van der Waals surface area contributed by atoms with E-state index in [-0.39, 0.29) is 5.92 Å². The zero-order valence-electron chi connectivity index (χ0n) is 11.5. The topological polar surface area (TPSA) is 35.8 Å². The molecule has 0 saturated heterocycles. The van der Waals surface area contributed by atoms with Gasteiger partial charge in [-0.1, -0.05) is 25.3 Å². The maximum Gasteiger partial charge on any atom is 0.0677 e. The molecule has 1 aromatic carbocycles. The Morgan fingerprint density at radius 1 is 1.00 bits per heavy atom. The van der Waals surface area contributed by atoms with Crippen LogP contribution in [0.25, 0.3) is 0 Å².